The minimum Gasteiger partial charge on any atom is -0.392 e. The highest BCUT2D eigenvalue weighted by atomic mass is 32.1. The van der Waals surface area contributed by atoms with Gasteiger partial charge < -0.3 is 11.1 Å². The molecule has 5 heteroatoms. The molecule has 0 radical (unpaired) electrons. The van der Waals surface area contributed by atoms with Crippen molar-refractivity contribution in [1.82, 2.24) is 4.98 Å². The van der Waals surface area contributed by atoms with Gasteiger partial charge in [-0.2, -0.15) is 0 Å². The zero-order valence-electron chi connectivity index (χ0n) is 9.57. The number of aromatic nitrogens is 1. The number of hydrogen-bond donors (Lipinski definition) is 2. The highest BCUT2D eigenvalue weighted by molar-refractivity contribution is 7.80. The molecule has 0 saturated heterocycles. The van der Waals surface area contributed by atoms with E-state index in [0.29, 0.717) is 5.69 Å². The molecule has 0 unspecified atom stereocenters. The molecule has 1 rings (SSSR count). The second-order valence-electron chi connectivity index (χ2n) is 4.19. The molecule has 86 valence electrons. The second kappa shape index (κ2) is 4.57. The summed E-state index contributed by atoms with van der Waals surface area (Å²) in [7, 11) is 0. The second-order valence-corrected chi connectivity index (χ2v) is 4.63. The molecule has 16 heavy (non-hydrogen) atoms. The topological polar surface area (TPSA) is 68.0 Å². The summed E-state index contributed by atoms with van der Waals surface area (Å²) in [6.07, 6.45) is 3.30. The van der Waals surface area contributed by atoms with Crippen LogP contribution in [0.5, 0.6) is 0 Å². The van der Waals surface area contributed by atoms with E-state index in [1.54, 1.807) is 26.2 Å². The molecule has 1 amide bonds. The zero-order valence-corrected chi connectivity index (χ0v) is 10.4. The van der Waals surface area contributed by atoms with Crippen LogP contribution in [0.4, 0.5) is 5.69 Å². The number of nitrogens with one attached hydrogen (secondary N) is 1. The van der Waals surface area contributed by atoms with Gasteiger partial charge in [0.05, 0.1) is 22.3 Å². The number of aryl methyl sites for hydroxylation is 1. The van der Waals surface area contributed by atoms with Gasteiger partial charge in [0.2, 0.25) is 5.91 Å². The standard InChI is InChI=1S/C11H15N3OS/c1-7-4-8(6-13-5-7)14-10(15)11(2,3)9(12)16/h4-6H,1-3H3,(H2,12,16)(H,14,15). The van der Waals surface area contributed by atoms with E-state index < -0.39 is 5.41 Å². The van der Waals surface area contributed by atoms with Crippen LogP contribution >= 0.6 is 12.2 Å². The molecule has 1 aromatic rings. The number of amides is 1. The van der Waals surface area contributed by atoms with E-state index in [9.17, 15) is 4.79 Å². The summed E-state index contributed by atoms with van der Waals surface area (Å²) < 4.78 is 0. The van der Waals surface area contributed by atoms with Crippen molar-refractivity contribution in [2.45, 2.75) is 20.8 Å². The molecule has 1 aromatic heterocycles. The van der Waals surface area contributed by atoms with Gasteiger partial charge >= 0.3 is 0 Å². The Balaban J connectivity index is 2.83. The fraction of sp³-hybridized carbons (Fsp3) is 0.364. The third-order valence-electron chi connectivity index (χ3n) is 2.32. The van der Waals surface area contributed by atoms with Crippen LogP contribution in [-0.2, 0) is 4.79 Å². The van der Waals surface area contributed by atoms with E-state index in [1.807, 2.05) is 13.0 Å². The van der Waals surface area contributed by atoms with E-state index >= 15 is 0 Å². The Morgan fingerprint density at radius 2 is 2.12 bits per heavy atom. The van der Waals surface area contributed by atoms with Crippen molar-refractivity contribution in [3.05, 3.63) is 24.0 Å². The highest BCUT2D eigenvalue weighted by Crippen LogP contribution is 2.19. The van der Waals surface area contributed by atoms with Gasteiger partial charge in [-0.25, -0.2) is 0 Å². The minimum absolute atomic E-state index is 0.172. The third kappa shape index (κ3) is 2.76. The predicted molar refractivity (Wildman–Crippen MR) is 68.2 cm³/mol. The Kier molecular flexibility index (Phi) is 3.59. The lowest BCUT2D eigenvalue weighted by atomic mass is 9.92. The summed E-state index contributed by atoms with van der Waals surface area (Å²) in [4.78, 5) is 16.0. The Labute approximate surface area is 100 Å². The van der Waals surface area contributed by atoms with Crippen LogP contribution < -0.4 is 11.1 Å². The monoisotopic (exact) mass is 237 g/mol. The van der Waals surface area contributed by atoms with Gasteiger partial charge in [0.15, 0.2) is 0 Å². The zero-order chi connectivity index (χ0) is 12.3. The fourth-order valence-electron chi connectivity index (χ4n) is 1.02. The van der Waals surface area contributed by atoms with Gasteiger partial charge in [-0.3, -0.25) is 9.78 Å². The SMILES string of the molecule is Cc1cncc(NC(=O)C(C)(C)C(N)=S)c1. The molecule has 0 saturated carbocycles. The molecule has 0 aliphatic rings. The number of nitrogens with zero attached hydrogens (tertiary/aromatic N) is 1. The third-order valence-corrected chi connectivity index (χ3v) is 2.83. The molecule has 0 atom stereocenters. The van der Waals surface area contributed by atoms with E-state index in [1.165, 1.54) is 0 Å². The maximum Gasteiger partial charge on any atom is 0.236 e. The van der Waals surface area contributed by atoms with Gasteiger partial charge in [-0.15, -0.1) is 0 Å². The van der Waals surface area contributed by atoms with Gasteiger partial charge in [-0.1, -0.05) is 12.2 Å². The molecule has 0 bridgehead atoms. The van der Waals surface area contributed by atoms with Crippen molar-refractivity contribution in [2.75, 3.05) is 5.32 Å². The van der Waals surface area contributed by atoms with Crippen LogP contribution in [0, 0.1) is 12.3 Å². The quantitative estimate of drug-likeness (QED) is 0.784. The van der Waals surface area contributed by atoms with Crippen LogP contribution in [0.15, 0.2) is 18.5 Å². The maximum absolute atomic E-state index is 11.9. The van der Waals surface area contributed by atoms with Crippen molar-refractivity contribution in [3.8, 4) is 0 Å². The van der Waals surface area contributed by atoms with Crippen LogP contribution in [0.25, 0.3) is 0 Å². The van der Waals surface area contributed by atoms with E-state index in [2.05, 4.69) is 10.3 Å². The Bertz CT molecular complexity index is 429. The summed E-state index contributed by atoms with van der Waals surface area (Å²) in [5, 5.41) is 2.74. The molecule has 4 nitrogen and oxygen atoms in total. The van der Waals surface area contributed by atoms with Gasteiger partial charge in [0.1, 0.15) is 0 Å². The number of carbonyl (C=O) groups is 1. The molecular formula is C11H15N3OS. The van der Waals surface area contributed by atoms with Gasteiger partial charge in [0, 0.05) is 6.20 Å². The summed E-state index contributed by atoms with van der Waals surface area (Å²) in [6.45, 7) is 5.28. The van der Waals surface area contributed by atoms with Crippen LogP contribution in [0.1, 0.15) is 19.4 Å². The van der Waals surface area contributed by atoms with E-state index in [-0.39, 0.29) is 10.9 Å². The number of carbonyl (C=O) groups excluding carboxylic acids is 1. The number of rotatable bonds is 3. The number of anilines is 1. The lowest BCUT2D eigenvalue weighted by molar-refractivity contribution is -0.121. The number of pyridine rings is 1. The number of nitrogens with two attached hydrogens (primary N) is 1. The first-order valence-electron chi connectivity index (χ1n) is 4.87. The van der Waals surface area contributed by atoms with Crippen molar-refractivity contribution >= 4 is 28.8 Å². The molecule has 0 fully saturated rings. The summed E-state index contributed by atoms with van der Waals surface area (Å²) in [5.74, 6) is -0.229. The molecule has 0 aliphatic heterocycles. The summed E-state index contributed by atoms with van der Waals surface area (Å²) in [6, 6.07) is 1.83. The van der Waals surface area contributed by atoms with Crippen LogP contribution in [-0.4, -0.2) is 15.9 Å². The van der Waals surface area contributed by atoms with Crippen molar-refractivity contribution in [2.24, 2.45) is 11.1 Å². The van der Waals surface area contributed by atoms with E-state index in [0.717, 1.165) is 5.56 Å². The Morgan fingerprint density at radius 3 is 2.62 bits per heavy atom. The van der Waals surface area contributed by atoms with Crippen LogP contribution in [0.2, 0.25) is 0 Å². The Morgan fingerprint density at radius 1 is 1.50 bits per heavy atom. The minimum atomic E-state index is -0.862. The fourth-order valence-corrected chi connectivity index (χ4v) is 1.12. The van der Waals surface area contributed by atoms with Gasteiger partial charge in [0.25, 0.3) is 0 Å². The van der Waals surface area contributed by atoms with Crippen molar-refractivity contribution < 1.29 is 4.79 Å². The van der Waals surface area contributed by atoms with Crippen molar-refractivity contribution in [1.29, 1.82) is 0 Å². The molecule has 3 N–H and O–H groups in total. The van der Waals surface area contributed by atoms with Crippen molar-refractivity contribution in [3.63, 3.8) is 0 Å². The maximum atomic E-state index is 11.9. The first-order chi connectivity index (χ1) is 7.34. The van der Waals surface area contributed by atoms with Crippen LogP contribution in [0.3, 0.4) is 0 Å². The van der Waals surface area contributed by atoms with Gasteiger partial charge in [-0.05, 0) is 32.4 Å². The van der Waals surface area contributed by atoms with E-state index in [4.69, 9.17) is 18.0 Å². The first kappa shape index (κ1) is 12.6. The molecule has 0 aromatic carbocycles. The lowest BCUT2D eigenvalue weighted by Gasteiger charge is -2.21. The molecule has 0 aliphatic carbocycles. The average molecular weight is 237 g/mol. The smallest absolute Gasteiger partial charge is 0.236 e. The lowest BCUT2D eigenvalue weighted by Crippen LogP contribution is -2.41. The summed E-state index contributed by atoms with van der Waals surface area (Å²) >= 11 is 4.85. The summed E-state index contributed by atoms with van der Waals surface area (Å²) in [5.41, 5.74) is 6.27. The first-order valence-corrected chi connectivity index (χ1v) is 5.28. The predicted octanol–water partition coefficient (Wildman–Crippen LogP) is 1.64. The normalized spacial score (nSPS) is 10.9. The molecular weight excluding hydrogens is 222 g/mol. The molecule has 1 heterocycles. The highest BCUT2D eigenvalue weighted by Gasteiger charge is 2.30. The average Bonchev–Trinajstić information content (AvgIpc) is 2.17. The number of thiocarbonyl (C=S) groups is 1. The Hall–Kier alpha value is -1.49. The largest absolute Gasteiger partial charge is 0.392 e. The number of hydrogen-bond acceptors (Lipinski definition) is 3. The molecule has 0 spiro atoms.